The normalized spacial score (nSPS) is 10.4. The first-order valence-electron chi connectivity index (χ1n) is 7.07. The van der Waals surface area contributed by atoms with Gasteiger partial charge in [0.05, 0.1) is 23.1 Å². The lowest BCUT2D eigenvalue weighted by atomic mass is 10.1. The predicted molar refractivity (Wildman–Crippen MR) is 86.9 cm³/mol. The van der Waals surface area contributed by atoms with Gasteiger partial charge in [0.1, 0.15) is 5.76 Å². The van der Waals surface area contributed by atoms with E-state index in [1.165, 1.54) is 18.4 Å². The molecular formula is C16H17ClN2O4. The fourth-order valence-corrected chi connectivity index (χ4v) is 2.18. The molecule has 0 atom stereocenters. The van der Waals surface area contributed by atoms with Gasteiger partial charge in [0.15, 0.2) is 0 Å². The van der Waals surface area contributed by atoms with Gasteiger partial charge in [0.25, 0.3) is 11.8 Å². The lowest BCUT2D eigenvalue weighted by Crippen LogP contribution is -2.26. The Morgan fingerprint density at radius 2 is 2.00 bits per heavy atom. The fourth-order valence-electron chi connectivity index (χ4n) is 2.00. The molecule has 122 valence electrons. The maximum absolute atomic E-state index is 12.3. The number of carbonyl (C=O) groups excluding carboxylic acids is 2. The SMILES string of the molecule is Cc1occc1C(=O)Nc1cc(Cl)ccc1C(=O)NCCCO. The van der Waals surface area contributed by atoms with Gasteiger partial charge in [-0.05, 0) is 37.6 Å². The molecule has 23 heavy (non-hydrogen) atoms. The lowest BCUT2D eigenvalue weighted by Gasteiger charge is -2.11. The Kier molecular flexibility index (Phi) is 5.78. The highest BCUT2D eigenvalue weighted by molar-refractivity contribution is 6.31. The second-order valence-corrected chi connectivity index (χ2v) is 5.30. The molecule has 0 spiro atoms. The molecule has 1 aromatic heterocycles. The Bertz CT molecular complexity index is 712. The highest BCUT2D eigenvalue weighted by Crippen LogP contribution is 2.22. The third-order valence-electron chi connectivity index (χ3n) is 3.20. The number of hydrogen-bond donors (Lipinski definition) is 3. The smallest absolute Gasteiger partial charge is 0.259 e. The van der Waals surface area contributed by atoms with Crippen LogP contribution in [0.1, 0.15) is 32.9 Å². The molecule has 0 saturated heterocycles. The number of aliphatic hydroxyl groups is 1. The fraction of sp³-hybridized carbons (Fsp3) is 0.250. The minimum absolute atomic E-state index is 0.00967. The van der Waals surface area contributed by atoms with Crippen LogP contribution in [-0.2, 0) is 0 Å². The summed E-state index contributed by atoms with van der Waals surface area (Å²) in [5.41, 5.74) is 0.989. The van der Waals surface area contributed by atoms with Gasteiger partial charge in [-0.2, -0.15) is 0 Å². The van der Waals surface area contributed by atoms with Crippen LogP contribution >= 0.6 is 11.6 Å². The summed E-state index contributed by atoms with van der Waals surface area (Å²) >= 11 is 5.95. The molecule has 0 aliphatic carbocycles. The van der Waals surface area contributed by atoms with E-state index in [-0.39, 0.29) is 18.4 Å². The van der Waals surface area contributed by atoms with Crippen molar-refractivity contribution >= 4 is 29.1 Å². The van der Waals surface area contributed by atoms with E-state index < -0.39 is 0 Å². The molecule has 0 unspecified atom stereocenters. The number of rotatable bonds is 6. The van der Waals surface area contributed by atoms with E-state index in [4.69, 9.17) is 21.1 Å². The molecule has 0 aliphatic heterocycles. The van der Waals surface area contributed by atoms with Crippen molar-refractivity contribution in [3.05, 3.63) is 52.4 Å². The first kappa shape index (κ1) is 17.1. The third-order valence-corrected chi connectivity index (χ3v) is 3.43. The zero-order chi connectivity index (χ0) is 16.8. The van der Waals surface area contributed by atoms with E-state index in [2.05, 4.69) is 10.6 Å². The van der Waals surface area contributed by atoms with Gasteiger partial charge in [-0.3, -0.25) is 9.59 Å². The van der Waals surface area contributed by atoms with Gasteiger partial charge < -0.3 is 20.2 Å². The number of nitrogens with one attached hydrogen (secondary N) is 2. The Morgan fingerprint density at radius 3 is 2.65 bits per heavy atom. The third kappa shape index (κ3) is 4.34. The molecule has 0 bridgehead atoms. The van der Waals surface area contributed by atoms with E-state index in [9.17, 15) is 9.59 Å². The number of aryl methyl sites for hydroxylation is 1. The van der Waals surface area contributed by atoms with Crippen molar-refractivity contribution < 1.29 is 19.1 Å². The maximum atomic E-state index is 12.3. The molecule has 6 nitrogen and oxygen atoms in total. The topological polar surface area (TPSA) is 91.6 Å². The number of halogens is 1. The number of anilines is 1. The first-order chi connectivity index (χ1) is 11.0. The van der Waals surface area contributed by atoms with Gasteiger partial charge >= 0.3 is 0 Å². The number of carbonyl (C=O) groups is 2. The van der Waals surface area contributed by atoms with E-state index in [0.717, 1.165) is 0 Å². The average molecular weight is 337 g/mol. The monoisotopic (exact) mass is 336 g/mol. The second-order valence-electron chi connectivity index (χ2n) is 4.87. The van der Waals surface area contributed by atoms with Gasteiger partial charge in [-0.15, -0.1) is 0 Å². The quantitative estimate of drug-likeness (QED) is 0.707. The van der Waals surface area contributed by atoms with E-state index >= 15 is 0 Å². The summed E-state index contributed by atoms with van der Waals surface area (Å²) in [5, 5.41) is 14.5. The molecule has 1 aromatic carbocycles. The summed E-state index contributed by atoms with van der Waals surface area (Å²) in [4.78, 5) is 24.4. The molecular weight excluding hydrogens is 320 g/mol. The average Bonchev–Trinajstić information content (AvgIpc) is 2.93. The number of furan rings is 1. The molecule has 2 rings (SSSR count). The molecule has 2 amide bonds. The summed E-state index contributed by atoms with van der Waals surface area (Å²) in [7, 11) is 0. The van der Waals surface area contributed by atoms with Crippen LogP contribution in [0.3, 0.4) is 0 Å². The van der Waals surface area contributed by atoms with Crippen LogP contribution in [0.4, 0.5) is 5.69 Å². The van der Waals surface area contributed by atoms with Crippen LogP contribution in [0.2, 0.25) is 5.02 Å². The Labute approximate surface area is 138 Å². The van der Waals surface area contributed by atoms with Crippen molar-refractivity contribution in [3.8, 4) is 0 Å². The van der Waals surface area contributed by atoms with Crippen LogP contribution in [0.5, 0.6) is 0 Å². The van der Waals surface area contributed by atoms with Gasteiger partial charge in [0, 0.05) is 18.2 Å². The van der Waals surface area contributed by atoms with E-state index in [0.29, 0.717) is 40.6 Å². The standard InChI is InChI=1S/C16H17ClN2O4/c1-10-12(5-8-23-10)16(22)19-14-9-11(17)3-4-13(14)15(21)18-6-2-7-20/h3-5,8-9,20H,2,6-7H2,1H3,(H,18,21)(H,19,22). The Hall–Kier alpha value is -2.31. The second kappa shape index (κ2) is 7.80. The molecule has 1 heterocycles. The summed E-state index contributed by atoms with van der Waals surface area (Å²) in [6.07, 6.45) is 1.87. The minimum Gasteiger partial charge on any atom is -0.469 e. The van der Waals surface area contributed by atoms with Crippen LogP contribution in [0.15, 0.2) is 34.9 Å². The largest absolute Gasteiger partial charge is 0.469 e. The molecule has 7 heteroatoms. The van der Waals surface area contributed by atoms with Crippen molar-refractivity contribution in [2.75, 3.05) is 18.5 Å². The zero-order valence-electron chi connectivity index (χ0n) is 12.6. The van der Waals surface area contributed by atoms with Crippen LogP contribution in [-0.4, -0.2) is 30.1 Å². The van der Waals surface area contributed by atoms with E-state index in [1.807, 2.05) is 0 Å². The number of aliphatic hydroxyl groups excluding tert-OH is 1. The van der Waals surface area contributed by atoms with Gasteiger partial charge in [0.2, 0.25) is 0 Å². The van der Waals surface area contributed by atoms with E-state index in [1.54, 1.807) is 19.1 Å². The zero-order valence-corrected chi connectivity index (χ0v) is 13.3. The van der Waals surface area contributed by atoms with Crippen molar-refractivity contribution in [3.63, 3.8) is 0 Å². The number of hydrogen-bond acceptors (Lipinski definition) is 4. The Morgan fingerprint density at radius 1 is 1.22 bits per heavy atom. The molecule has 0 radical (unpaired) electrons. The number of benzene rings is 1. The highest BCUT2D eigenvalue weighted by Gasteiger charge is 2.17. The highest BCUT2D eigenvalue weighted by atomic mass is 35.5. The molecule has 0 fully saturated rings. The molecule has 3 N–H and O–H groups in total. The summed E-state index contributed by atoms with van der Waals surface area (Å²) in [5.74, 6) is -0.254. The molecule has 2 aromatic rings. The van der Waals surface area contributed by atoms with Crippen molar-refractivity contribution in [2.45, 2.75) is 13.3 Å². The lowest BCUT2D eigenvalue weighted by molar-refractivity contribution is 0.0952. The van der Waals surface area contributed by atoms with Crippen LogP contribution < -0.4 is 10.6 Å². The predicted octanol–water partition coefficient (Wildman–Crippen LogP) is 2.61. The van der Waals surface area contributed by atoms with Crippen molar-refractivity contribution in [1.82, 2.24) is 5.32 Å². The van der Waals surface area contributed by atoms with Gasteiger partial charge in [-0.25, -0.2) is 0 Å². The summed E-state index contributed by atoms with van der Waals surface area (Å²) < 4.78 is 5.10. The van der Waals surface area contributed by atoms with Crippen LogP contribution in [0.25, 0.3) is 0 Å². The maximum Gasteiger partial charge on any atom is 0.259 e. The first-order valence-corrected chi connectivity index (χ1v) is 7.44. The Balaban J connectivity index is 2.20. The summed E-state index contributed by atoms with van der Waals surface area (Å²) in [6, 6.07) is 6.17. The molecule has 0 aliphatic rings. The van der Waals surface area contributed by atoms with Gasteiger partial charge in [-0.1, -0.05) is 11.6 Å². The van der Waals surface area contributed by atoms with Crippen molar-refractivity contribution in [1.29, 1.82) is 0 Å². The van der Waals surface area contributed by atoms with Crippen molar-refractivity contribution in [2.24, 2.45) is 0 Å². The van der Waals surface area contributed by atoms with Crippen LogP contribution in [0, 0.1) is 6.92 Å². The number of amides is 2. The minimum atomic E-state index is -0.386. The summed E-state index contributed by atoms with van der Waals surface area (Å²) in [6.45, 7) is 2.01. The molecule has 0 saturated carbocycles.